The molecule has 2 atom stereocenters. The van der Waals surface area contributed by atoms with Gasteiger partial charge in [0.15, 0.2) is 6.10 Å². The van der Waals surface area contributed by atoms with E-state index in [0.29, 0.717) is 24.7 Å². The number of piperidine rings is 1. The molecule has 3 rings (SSSR count). The fraction of sp³-hybridized carbons (Fsp3) is 0.444. The van der Waals surface area contributed by atoms with Crippen LogP contribution in [0.15, 0.2) is 36.8 Å². The summed E-state index contributed by atoms with van der Waals surface area (Å²) in [5.74, 6) is 0.215. The van der Waals surface area contributed by atoms with Crippen LogP contribution in [0.4, 0.5) is 0 Å². The number of carbonyl (C=O) groups is 1. The van der Waals surface area contributed by atoms with Gasteiger partial charge in [-0.1, -0.05) is 29.8 Å². The van der Waals surface area contributed by atoms with Gasteiger partial charge in [-0.3, -0.25) is 4.79 Å². The molecule has 1 saturated heterocycles. The summed E-state index contributed by atoms with van der Waals surface area (Å²) >= 11 is 0. The van der Waals surface area contributed by atoms with Crippen LogP contribution < -0.4 is 0 Å². The van der Waals surface area contributed by atoms with Gasteiger partial charge < -0.3 is 15.0 Å². The minimum atomic E-state index is -1.14. The molecule has 122 valence electrons. The van der Waals surface area contributed by atoms with Gasteiger partial charge in [0.05, 0.1) is 18.2 Å². The van der Waals surface area contributed by atoms with E-state index in [1.165, 1.54) is 23.7 Å². The van der Waals surface area contributed by atoms with E-state index in [9.17, 15) is 9.90 Å². The van der Waals surface area contributed by atoms with Crippen LogP contribution in [0.2, 0.25) is 0 Å². The van der Waals surface area contributed by atoms with Crippen molar-refractivity contribution in [2.24, 2.45) is 5.92 Å². The number of aliphatic hydroxyl groups excluding tert-OH is 1. The number of rotatable bonds is 4. The fourth-order valence-corrected chi connectivity index (χ4v) is 3.21. The molecule has 0 aliphatic carbocycles. The van der Waals surface area contributed by atoms with Gasteiger partial charge in [0.25, 0.3) is 5.91 Å². The molecular weight excluding hydrogens is 290 g/mol. The Morgan fingerprint density at radius 1 is 1.43 bits per heavy atom. The second-order valence-corrected chi connectivity index (χ2v) is 6.39. The molecule has 1 aromatic heterocycles. The lowest BCUT2D eigenvalue weighted by Gasteiger charge is -2.34. The molecule has 23 heavy (non-hydrogen) atoms. The van der Waals surface area contributed by atoms with E-state index in [-0.39, 0.29) is 5.91 Å². The molecule has 1 amide bonds. The number of hydrogen-bond acceptors (Lipinski definition) is 3. The number of imidazole rings is 1. The highest BCUT2D eigenvalue weighted by molar-refractivity contribution is 5.81. The van der Waals surface area contributed by atoms with Crippen molar-refractivity contribution in [2.45, 2.75) is 32.3 Å². The maximum atomic E-state index is 12.5. The molecule has 5 heteroatoms. The van der Waals surface area contributed by atoms with E-state index >= 15 is 0 Å². The lowest BCUT2D eigenvalue weighted by atomic mass is 9.90. The van der Waals surface area contributed by atoms with Crippen molar-refractivity contribution in [3.63, 3.8) is 0 Å². The van der Waals surface area contributed by atoms with Crippen molar-refractivity contribution in [2.75, 3.05) is 13.1 Å². The molecule has 5 nitrogen and oxygen atoms in total. The Hall–Kier alpha value is -2.14. The van der Waals surface area contributed by atoms with Gasteiger partial charge in [-0.15, -0.1) is 0 Å². The van der Waals surface area contributed by atoms with Gasteiger partial charge in [-0.25, -0.2) is 4.98 Å². The van der Waals surface area contributed by atoms with E-state index in [4.69, 9.17) is 0 Å². The average Bonchev–Trinajstić information content (AvgIpc) is 3.10. The molecule has 0 bridgehead atoms. The quantitative estimate of drug-likeness (QED) is 0.909. The molecule has 0 spiro atoms. The van der Waals surface area contributed by atoms with Gasteiger partial charge >= 0.3 is 0 Å². The molecule has 0 saturated carbocycles. The number of H-pyrrole nitrogens is 1. The first-order valence-electron chi connectivity index (χ1n) is 8.14. The molecule has 1 fully saturated rings. The summed E-state index contributed by atoms with van der Waals surface area (Å²) in [6.07, 6.45) is 4.91. The monoisotopic (exact) mass is 313 g/mol. The van der Waals surface area contributed by atoms with Crippen LogP contribution in [0, 0.1) is 12.8 Å². The van der Waals surface area contributed by atoms with Crippen molar-refractivity contribution in [3.05, 3.63) is 53.6 Å². The maximum absolute atomic E-state index is 12.5. The molecular formula is C18H23N3O2. The number of aryl methyl sites for hydroxylation is 1. The molecule has 1 aliphatic heterocycles. The molecule has 1 aromatic carbocycles. The van der Waals surface area contributed by atoms with Gasteiger partial charge in [0, 0.05) is 13.1 Å². The van der Waals surface area contributed by atoms with Gasteiger partial charge in [-0.05, 0) is 37.7 Å². The van der Waals surface area contributed by atoms with E-state index in [1.54, 1.807) is 4.90 Å². The SMILES string of the molecule is Cc1ccc(CC2CCCN(C(=O)C(O)c3cnc[nH]3)C2)cc1. The normalized spacial score (nSPS) is 19.6. The van der Waals surface area contributed by atoms with Crippen LogP contribution in [0.25, 0.3) is 0 Å². The third-order valence-corrected chi connectivity index (χ3v) is 4.52. The van der Waals surface area contributed by atoms with Crippen LogP contribution in [0.5, 0.6) is 0 Å². The van der Waals surface area contributed by atoms with E-state index in [1.807, 2.05) is 0 Å². The Kier molecular flexibility index (Phi) is 4.76. The third-order valence-electron chi connectivity index (χ3n) is 4.52. The van der Waals surface area contributed by atoms with Crippen molar-refractivity contribution in [3.8, 4) is 0 Å². The first-order chi connectivity index (χ1) is 11.1. The zero-order valence-corrected chi connectivity index (χ0v) is 13.4. The summed E-state index contributed by atoms with van der Waals surface area (Å²) in [6, 6.07) is 8.58. The van der Waals surface area contributed by atoms with Crippen molar-refractivity contribution >= 4 is 5.91 Å². The Morgan fingerprint density at radius 3 is 2.91 bits per heavy atom. The van der Waals surface area contributed by atoms with Crippen LogP contribution in [-0.4, -0.2) is 39.0 Å². The van der Waals surface area contributed by atoms with Crippen molar-refractivity contribution in [1.29, 1.82) is 0 Å². The first-order valence-corrected chi connectivity index (χ1v) is 8.14. The molecule has 2 N–H and O–H groups in total. The number of aromatic nitrogens is 2. The van der Waals surface area contributed by atoms with Gasteiger partial charge in [0.1, 0.15) is 0 Å². The Balaban J connectivity index is 1.61. The topological polar surface area (TPSA) is 69.2 Å². The van der Waals surface area contributed by atoms with Crippen molar-refractivity contribution < 1.29 is 9.90 Å². The van der Waals surface area contributed by atoms with E-state index in [2.05, 4.69) is 41.2 Å². The second kappa shape index (κ2) is 6.96. The summed E-state index contributed by atoms with van der Waals surface area (Å²) in [4.78, 5) is 20.9. The maximum Gasteiger partial charge on any atom is 0.257 e. The fourth-order valence-electron chi connectivity index (χ4n) is 3.21. The number of nitrogens with one attached hydrogen (secondary N) is 1. The zero-order chi connectivity index (χ0) is 16.2. The lowest BCUT2D eigenvalue weighted by molar-refractivity contribution is -0.142. The Labute approximate surface area is 136 Å². The summed E-state index contributed by atoms with van der Waals surface area (Å²) in [7, 11) is 0. The summed E-state index contributed by atoms with van der Waals surface area (Å²) in [6.45, 7) is 3.51. The number of amides is 1. The molecule has 0 radical (unpaired) electrons. The largest absolute Gasteiger partial charge is 0.377 e. The van der Waals surface area contributed by atoms with Crippen LogP contribution in [0.1, 0.15) is 35.8 Å². The van der Waals surface area contributed by atoms with Crippen LogP contribution in [-0.2, 0) is 11.2 Å². The number of likely N-dealkylation sites (tertiary alicyclic amines) is 1. The van der Waals surface area contributed by atoms with Crippen LogP contribution >= 0.6 is 0 Å². The minimum absolute atomic E-state index is 0.233. The van der Waals surface area contributed by atoms with Gasteiger partial charge in [-0.2, -0.15) is 0 Å². The van der Waals surface area contributed by atoms with E-state index in [0.717, 1.165) is 19.3 Å². The average molecular weight is 313 g/mol. The number of nitrogens with zero attached hydrogens (tertiary/aromatic N) is 2. The Morgan fingerprint density at radius 2 is 2.22 bits per heavy atom. The summed E-state index contributed by atoms with van der Waals surface area (Å²) in [5, 5.41) is 10.2. The van der Waals surface area contributed by atoms with Crippen LogP contribution in [0.3, 0.4) is 0 Å². The predicted octanol–water partition coefficient (Wildman–Crippen LogP) is 2.23. The summed E-state index contributed by atoms with van der Waals surface area (Å²) < 4.78 is 0. The predicted molar refractivity (Wildman–Crippen MR) is 87.7 cm³/mol. The standard InChI is InChI=1S/C18H23N3O2/c1-13-4-6-14(7-5-13)9-15-3-2-8-21(11-15)18(23)17(22)16-10-19-12-20-16/h4-7,10,12,15,17,22H,2-3,8-9,11H2,1H3,(H,19,20). The molecule has 2 heterocycles. The second-order valence-electron chi connectivity index (χ2n) is 6.39. The number of carbonyl (C=O) groups excluding carboxylic acids is 1. The molecule has 1 aliphatic rings. The number of benzene rings is 1. The van der Waals surface area contributed by atoms with E-state index < -0.39 is 6.10 Å². The Bertz CT molecular complexity index is 637. The number of hydrogen-bond donors (Lipinski definition) is 2. The highest BCUT2D eigenvalue weighted by atomic mass is 16.3. The molecule has 2 unspecified atom stereocenters. The molecule has 2 aromatic rings. The highest BCUT2D eigenvalue weighted by Gasteiger charge is 2.29. The zero-order valence-electron chi connectivity index (χ0n) is 13.4. The number of aliphatic hydroxyl groups is 1. The number of aromatic amines is 1. The highest BCUT2D eigenvalue weighted by Crippen LogP contribution is 2.23. The third kappa shape index (κ3) is 3.79. The minimum Gasteiger partial charge on any atom is -0.377 e. The first kappa shape index (κ1) is 15.7. The smallest absolute Gasteiger partial charge is 0.257 e. The van der Waals surface area contributed by atoms with Crippen molar-refractivity contribution in [1.82, 2.24) is 14.9 Å². The lowest BCUT2D eigenvalue weighted by Crippen LogP contribution is -2.43. The van der Waals surface area contributed by atoms with Gasteiger partial charge in [0.2, 0.25) is 0 Å². The summed E-state index contributed by atoms with van der Waals surface area (Å²) in [5.41, 5.74) is 3.02.